The van der Waals surface area contributed by atoms with Crippen molar-refractivity contribution < 1.29 is 4.79 Å². The lowest BCUT2D eigenvalue weighted by atomic mass is 10.2. The number of nitrogens with zero attached hydrogens (tertiary/aromatic N) is 1. The van der Waals surface area contributed by atoms with Crippen LogP contribution < -0.4 is 0 Å². The van der Waals surface area contributed by atoms with Crippen LogP contribution in [-0.4, -0.2) is 10.9 Å². The Kier molecular flexibility index (Phi) is 2.67. The first-order valence-electron chi connectivity index (χ1n) is 4.14. The van der Waals surface area contributed by atoms with Crippen LogP contribution in [0.25, 0.3) is 10.9 Å². The number of aryl methyl sites for hydroxylation is 1. The largest absolute Gasteiger partial charge is 0.334 e. The summed E-state index contributed by atoms with van der Waals surface area (Å²) in [4.78, 5) is 10.9. The monoisotopic (exact) mass is 261 g/mol. The highest BCUT2D eigenvalue weighted by Gasteiger charge is 2.14. The molecular weight excluding hydrogens is 256 g/mol. The summed E-state index contributed by atoms with van der Waals surface area (Å²) in [6.07, 6.45) is 0.717. The van der Waals surface area contributed by atoms with Crippen molar-refractivity contribution in [2.24, 2.45) is 7.05 Å². The van der Waals surface area contributed by atoms with Gasteiger partial charge in [-0.1, -0.05) is 34.8 Å². The fraction of sp³-hybridized carbons (Fsp3) is 0.100. The fourth-order valence-corrected chi connectivity index (χ4v) is 2.10. The van der Waals surface area contributed by atoms with Crippen molar-refractivity contribution >= 4 is 52.0 Å². The molecule has 1 aromatic carbocycles. The highest BCUT2D eigenvalue weighted by Crippen LogP contribution is 2.33. The average Bonchev–Trinajstić information content (AvgIpc) is 2.42. The summed E-state index contributed by atoms with van der Waals surface area (Å²) in [6.45, 7) is 0. The fourth-order valence-electron chi connectivity index (χ4n) is 1.54. The van der Waals surface area contributed by atoms with Gasteiger partial charge < -0.3 is 4.57 Å². The lowest BCUT2D eigenvalue weighted by molar-refractivity contribution is 0.112. The maximum atomic E-state index is 10.9. The maximum Gasteiger partial charge on any atom is 0.153 e. The van der Waals surface area contributed by atoms with Gasteiger partial charge in [0.2, 0.25) is 0 Å². The van der Waals surface area contributed by atoms with Crippen LogP contribution in [0.15, 0.2) is 12.1 Å². The van der Waals surface area contributed by atoms with Gasteiger partial charge in [0, 0.05) is 12.4 Å². The van der Waals surface area contributed by atoms with Crippen molar-refractivity contribution in [3.63, 3.8) is 0 Å². The third kappa shape index (κ3) is 1.53. The van der Waals surface area contributed by atoms with Gasteiger partial charge in [-0.2, -0.15) is 0 Å². The lowest BCUT2D eigenvalue weighted by Crippen LogP contribution is -1.86. The maximum absolute atomic E-state index is 10.9. The summed E-state index contributed by atoms with van der Waals surface area (Å²) in [5, 5.41) is 1.96. The first-order valence-corrected chi connectivity index (χ1v) is 5.27. The predicted octanol–water partition coefficient (Wildman–Crippen LogP) is 3.95. The SMILES string of the molecule is Cn1c(Cl)c(C=O)c2cc(Cl)c(Cl)cc21. The molecule has 0 aliphatic carbocycles. The van der Waals surface area contributed by atoms with E-state index in [1.807, 2.05) is 0 Å². The molecule has 0 amide bonds. The highest BCUT2D eigenvalue weighted by atomic mass is 35.5. The van der Waals surface area contributed by atoms with Gasteiger partial charge >= 0.3 is 0 Å². The zero-order chi connectivity index (χ0) is 11.2. The van der Waals surface area contributed by atoms with E-state index >= 15 is 0 Å². The van der Waals surface area contributed by atoms with Crippen molar-refractivity contribution in [2.75, 3.05) is 0 Å². The van der Waals surface area contributed by atoms with Crippen LogP contribution in [0.3, 0.4) is 0 Å². The summed E-state index contributed by atoms with van der Waals surface area (Å²) in [5.74, 6) is 0. The minimum absolute atomic E-state index is 0.387. The van der Waals surface area contributed by atoms with Gasteiger partial charge in [-0.3, -0.25) is 4.79 Å². The Hall–Kier alpha value is -0.700. The molecule has 0 aliphatic rings. The Morgan fingerprint density at radius 3 is 2.40 bits per heavy atom. The molecule has 0 radical (unpaired) electrons. The van der Waals surface area contributed by atoms with Crippen molar-refractivity contribution in [2.45, 2.75) is 0 Å². The summed E-state index contributed by atoms with van der Waals surface area (Å²) >= 11 is 17.8. The van der Waals surface area contributed by atoms with Crippen LogP contribution in [0.4, 0.5) is 0 Å². The molecule has 78 valence electrons. The van der Waals surface area contributed by atoms with Gasteiger partial charge in [0.25, 0.3) is 0 Å². The Balaban J connectivity index is 2.97. The van der Waals surface area contributed by atoms with Crippen LogP contribution in [0.2, 0.25) is 15.2 Å². The molecule has 0 fully saturated rings. The Morgan fingerprint density at radius 2 is 1.80 bits per heavy atom. The number of hydrogen-bond acceptors (Lipinski definition) is 1. The van der Waals surface area contributed by atoms with E-state index in [1.54, 1.807) is 23.7 Å². The topological polar surface area (TPSA) is 22.0 Å². The standard InChI is InChI=1S/C10H6Cl3NO/c1-14-9-3-8(12)7(11)2-5(9)6(4-15)10(14)13/h2-4H,1H3. The summed E-state index contributed by atoms with van der Waals surface area (Å²) in [7, 11) is 1.77. The molecule has 0 spiro atoms. The van der Waals surface area contributed by atoms with E-state index in [0.29, 0.717) is 26.1 Å². The minimum Gasteiger partial charge on any atom is -0.334 e. The molecule has 2 rings (SSSR count). The van der Waals surface area contributed by atoms with Gasteiger partial charge in [0.1, 0.15) is 5.15 Å². The third-order valence-corrected chi connectivity index (χ3v) is 3.50. The van der Waals surface area contributed by atoms with Crippen molar-refractivity contribution in [3.8, 4) is 0 Å². The second kappa shape index (κ2) is 3.71. The van der Waals surface area contributed by atoms with Crippen molar-refractivity contribution in [1.29, 1.82) is 0 Å². The van der Waals surface area contributed by atoms with Crippen molar-refractivity contribution in [3.05, 3.63) is 32.9 Å². The number of hydrogen-bond donors (Lipinski definition) is 0. The van der Waals surface area contributed by atoms with E-state index in [-0.39, 0.29) is 0 Å². The summed E-state index contributed by atoms with van der Waals surface area (Å²) in [5.41, 5.74) is 1.23. The molecule has 5 heteroatoms. The number of carbonyl (C=O) groups is 1. The van der Waals surface area contributed by atoms with Crippen LogP contribution >= 0.6 is 34.8 Å². The molecule has 0 bridgehead atoms. The number of carbonyl (C=O) groups excluding carboxylic acids is 1. The molecule has 0 saturated heterocycles. The van der Waals surface area contributed by atoms with E-state index in [4.69, 9.17) is 34.8 Å². The van der Waals surface area contributed by atoms with Crippen LogP contribution in [0.1, 0.15) is 10.4 Å². The number of fused-ring (bicyclic) bond motifs is 1. The quantitative estimate of drug-likeness (QED) is 0.713. The lowest BCUT2D eigenvalue weighted by Gasteiger charge is -1.99. The van der Waals surface area contributed by atoms with Gasteiger partial charge in [0.05, 0.1) is 21.1 Å². The molecule has 0 aliphatic heterocycles. The number of halogens is 3. The Bertz CT molecular complexity index is 560. The summed E-state index contributed by atoms with van der Waals surface area (Å²) < 4.78 is 1.70. The van der Waals surface area contributed by atoms with Gasteiger partial charge in [-0.15, -0.1) is 0 Å². The molecule has 0 N–H and O–H groups in total. The molecule has 15 heavy (non-hydrogen) atoms. The third-order valence-electron chi connectivity index (χ3n) is 2.32. The van der Waals surface area contributed by atoms with Gasteiger partial charge in [-0.25, -0.2) is 0 Å². The molecule has 2 nitrogen and oxygen atoms in total. The first kappa shape index (κ1) is 10.8. The number of benzene rings is 1. The molecule has 1 heterocycles. The average molecular weight is 263 g/mol. The van der Waals surface area contributed by atoms with E-state index in [2.05, 4.69) is 0 Å². The zero-order valence-electron chi connectivity index (χ0n) is 7.72. The van der Waals surface area contributed by atoms with Crippen molar-refractivity contribution in [1.82, 2.24) is 4.57 Å². The summed E-state index contributed by atoms with van der Waals surface area (Å²) in [6, 6.07) is 3.34. The number of aromatic nitrogens is 1. The second-order valence-corrected chi connectivity index (χ2v) is 4.34. The smallest absolute Gasteiger partial charge is 0.153 e. The molecule has 1 aromatic heterocycles. The van der Waals surface area contributed by atoms with Crippen LogP contribution in [0.5, 0.6) is 0 Å². The Morgan fingerprint density at radius 1 is 1.20 bits per heavy atom. The molecule has 0 atom stereocenters. The molecule has 0 saturated carbocycles. The highest BCUT2D eigenvalue weighted by molar-refractivity contribution is 6.43. The van der Waals surface area contributed by atoms with E-state index in [1.165, 1.54) is 0 Å². The van der Waals surface area contributed by atoms with E-state index < -0.39 is 0 Å². The van der Waals surface area contributed by atoms with Crippen LogP contribution in [0, 0.1) is 0 Å². The number of rotatable bonds is 1. The van der Waals surface area contributed by atoms with Gasteiger partial charge in [0.15, 0.2) is 6.29 Å². The number of aldehydes is 1. The first-order chi connectivity index (χ1) is 7.06. The molecular formula is C10H6Cl3NO. The Labute approximate surface area is 101 Å². The van der Waals surface area contributed by atoms with E-state index in [9.17, 15) is 4.79 Å². The molecule has 2 aromatic rings. The normalized spacial score (nSPS) is 10.9. The zero-order valence-corrected chi connectivity index (χ0v) is 9.99. The van der Waals surface area contributed by atoms with E-state index in [0.717, 1.165) is 11.8 Å². The van der Waals surface area contributed by atoms with Crippen LogP contribution in [-0.2, 0) is 7.05 Å². The van der Waals surface area contributed by atoms with Gasteiger partial charge in [-0.05, 0) is 12.1 Å². The molecule has 0 unspecified atom stereocenters. The predicted molar refractivity (Wildman–Crippen MR) is 63.3 cm³/mol. The minimum atomic E-state index is 0.387. The second-order valence-electron chi connectivity index (χ2n) is 3.16.